The average Bonchev–Trinajstić information content (AvgIpc) is 2.65. The highest BCUT2D eigenvalue weighted by Crippen LogP contribution is 2.35. The molecular formula is C22H32N4O. The number of aliphatic hydroxyl groups is 1. The number of fused-ring (bicyclic) bond motifs is 1. The maximum absolute atomic E-state index is 9.65. The van der Waals surface area contributed by atoms with Crippen LogP contribution >= 0.6 is 0 Å². The number of nitrogens with one attached hydrogen (secondary N) is 1. The zero-order valence-corrected chi connectivity index (χ0v) is 17.2. The quantitative estimate of drug-likeness (QED) is 0.813. The lowest BCUT2D eigenvalue weighted by Crippen LogP contribution is -2.42. The molecule has 0 saturated carbocycles. The van der Waals surface area contributed by atoms with E-state index in [4.69, 9.17) is 4.98 Å². The van der Waals surface area contributed by atoms with Gasteiger partial charge in [0.1, 0.15) is 5.82 Å². The fourth-order valence-corrected chi connectivity index (χ4v) is 3.78. The largest absolute Gasteiger partial charge is 0.394 e. The third-order valence-corrected chi connectivity index (χ3v) is 5.46. The van der Waals surface area contributed by atoms with Crippen molar-refractivity contribution in [2.75, 3.05) is 23.4 Å². The summed E-state index contributed by atoms with van der Waals surface area (Å²) in [5.41, 5.74) is 3.85. The van der Waals surface area contributed by atoms with Crippen molar-refractivity contribution >= 4 is 11.8 Å². The Kier molecular flexibility index (Phi) is 5.70. The maximum atomic E-state index is 9.65. The highest BCUT2D eigenvalue weighted by molar-refractivity contribution is 5.50. The summed E-state index contributed by atoms with van der Waals surface area (Å²) in [5, 5.41) is 13.0. The lowest BCUT2D eigenvalue weighted by atomic mass is 9.78. The highest BCUT2D eigenvalue weighted by Gasteiger charge is 2.32. The molecule has 1 aliphatic heterocycles. The lowest BCUT2D eigenvalue weighted by molar-refractivity contribution is 0.248. The monoisotopic (exact) mass is 368 g/mol. The Morgan fingerprint density at radius 3 is 2.63 bits per heavy atom. The summed E-state index contributed by atoms with van der Waals surface area (Å²) in [6.45, 7) is 12.7. The minimum absolute atomic E-state index is 0.0523. The van der Waals surface area contributed by atoms with Crippen LogP contribution in [0.3, 0.4) is 0 Å². The number of aryl methyl sites for hydroxylation is 1. The van der Waals surface area contributed by atoms with Gasteiger partial charge in [0.2, 0.25) is 5.95 Å². The number of nitrogens with zero attached hydrogens (tertiary/aromatic N) is 3. The molecule has 1 aromatic carbocycles. The minimum Gasteiger partial charge on any atom is -0.394 e. The Labute approximate surface area is 162 Å². The molecular weight excluding hydrogens is 336 g/mol. The Morgan fingerprint density at radius 1 is 1.22 bits per heavy atom. The van der Waals surface area contributed by atoms with Crippen LogP contribution in [0.25, 0.3) is 0 Å². The molecule has 1 atom stereocenters. The van der Waals surface area contributed by atoms with Crippen molar-refractivity contribution in [2.24, 2.45) is 5.92 Å². The van der Waals surface area contributed by atoms with Crippen molar-refractivity contribution in [3.05, 3.63) is 47.2 Å². The van der Waals surface area contributed by atoms with E-state index in [0.717, 1.165) is 31.0 Å². The van der Waals surface area contributed by atoms with Gasteiger partial charge in [0.25, 0.3) is 0 Å². The molecule has 0 amide bonds. The molecule has 0 saturated heterocycles. The van der Waals surface area contributed by atoms with Crippen molar-refractivity contribution in [3.8, 4) is 0 Å². The van der Waals surface area contributed by atoms with E-state index >= 15 is 0 Å². The summed E-state index contributed by atoms with van der Waals surface area (Å²) >= 11 is 0. The highest BCUT2D eigenvalue weighted by atomic mass is 16.3. The average molecular weight is 369 g/mol. The van der Waals surface area contributed by atoms with E-state index in [2.05, 4.69) is 80.2 Å². The zero-order valence-electron chi connectivity index (χ0n) is 17.2. The van der Waals surface area contributed by atoms with Gasteiger partial charge in [-0.15, -0.1) is 0 Å². The van der Waals surface area contributed by atoms with Gasteiger partial charge in [-0.1, -0.05) is 58.9 Å². The van der Waals surface area contributed by atoms with Crippen LogP contribution in [0.1, 0.15) is 51.4 Å². The van der Waals surface area contributed by atoms with Crippen molar-refractivity contribution in [2.45, 2.75) is 59.0 Å². The second kappa shape index (κ2) is 7.85. The minimum atomic E-state index is -0.0523. The smallest absolute Gasteiger partial charge is 0.225 e. The number of hydrogen-bond donors (Lipinski definition) is 2. The first-order chi connectivity index (χ1) is 12.8. The van der Waals surface area contributed by atoms with Gasteiger partial charge >= 0.3 is 0 Å². The molecule has 0 radical (unpaired) electrons. The first-order valence-corrected chi connectivity index (χ1v) is 9.92. The van der Waals surface area contributed by atoms with Crippen molar-refractivity contribution in [1.82, 2.24) is 9.97 Å². The second-order valence-electron chi connectivity index (χ2n) is 8.47. The molecule has 1 aromatic heterocycles. The van der Waals surface area contributed by atoms with Gasteiger partial charge in [0.15, 0.2) is 0 Å². The Bertz CT molecular complexity index is 788. The summed E-state index contributed by atoms with van der Waals surface area (Å²) in [6.07, 6.45) is 0.851. The van der Waals surface area contributed by atoms with Crippen LogP contribution in [0.5, 0.6) is 0 Å². The first kappa shape index (κ1) is 19.6. The molecule has 2 heterocycles. The summed E-state index contributed by atoms with van der Waals surface area (Å²) in [7, 11) is 0. The number of benzene rings is 1. The molecule has 2 aromatic rings. The number of hydrogen-bond acceptors (Lipinski definition) is 5. The molecule has 146 valence electrons. The fraction of sp³-hybridized carbons (Fsp3) is 0.545. The van der Waals surface area contributed by atoms with Crippen LogP contribution in [0.2, 0.25) is 0 Å². The van der Waals surface area contributed by atoms with E-state index in [1.807, 2.05) is 0 Å². The second-order valence-corrected chi connectivity index (χ2v) is 8.47. The Morgan fingerprint density at radius 2 is 1.96 bits per heavy atom. The predicted octanol–water partition coefficient (Wildman–Crippen LogP) is 3.77. The summed E-state index contributed by atoms with van der Waals surface area (Å²) in [6, 6.07) is 10.7. The van der Waals surface area contributed by atoms with E-state index in [1.54, 1.807) is 0 Å². The number of aromatic nitrogens is 2. The van der Waals surface area contributed by atoms with Gasteiger partial charge in [0.05, 0.1) is 12.6 Å². The lowest BCUT2D eigenvalue weighted by Gasteiger charge is -2.40. The fourth-order valence-electron chi connectivity index (χ4n) is 3.78. The third-order valence-electron chi connectivity index (χ3n) is 5.46. The van der Waals surface area contributed by atoms with Gasteiger partial charge in [-0.05, 0) is 23.5 Å². The van der Waals surface area contributed by atoms with E-state index in [1.165, 1.54) is 11.1 Å². The third kappa shape index (κ3) is 4.24. The zero-order chi connectivity index (χ0) is 19.6. The summed E-state index contributed by atoms with van der Waals surface area (Å²) in [4.78, 5) is 11.8. The molecule has 3 rings (SSSR count). The van der Waals surface area contributed by atoms with E-state index < -0.39 is 0 Å². The van der Waals surface area contributed by atoms with Crippen LogP contribution in [-0.2, 0) is 18.4 Å². The van der Waals surface area contributed by atoms with Crippen molar-refractivity contribution in [1.29, 1.82) is 0 Å². The Balaban J connectivity index is 1.94. The van der Waals surface area contributed by atoms with Crippen LogP contribution in [0.15, 0.2) is 30.3 Å². The topological polar surface area (TPSA) is 61.3 Å². The maximum Gasteiger partial charge on any atom is 0.225 e. The Hall–Kier alpha value is -2.14. The van der Waals surface area contributed by atoms with Crippen LogP contribution in [0, 0.1) is 5.92 Å². The summed E-state index contributed by atoms with van der Waals surface area (Å²) < 4.78 is 0. The molecule has 0 bridgehead atoms. The molecule has 0 unspecified atom stereocenters. The van der Waals surface area contributed by atoms with E-state index in [-0.39, 0.29) is 18.1 Å². The predicted molar refractivity (Wildman–Crippen MR) is 111 cm³/mol. The number of anilines is 2. The van der Waals surface area contributed by atoms with Gasteiger partial charge < -0.3 is 15.3 Å². The van der Waals surface area contributed by atoms with Crippen LogP contribution < -0.4 is 10.2 Å². The SMILES string of the molecule is CCc1cc(N2Cc3ccccc3C(C)(C)C2)nc(N[C@@H](CO)C(C)C)n1. The first-order valence-electron chi connectivity index (χ1n) is 9.92. The number of aliphatic hydroxyl groups excluding tert-OH is 1. The van der Waals surface area contributed by atoms with Gasteiger partial charge in [-0.3, -0.25) is 0 Å². The standard InChI is InChI=1S/C22H32N4O/c1-6-17-11-20(25-21(23-17)24-19(13-27)15(2)3)26-12-16-9-7-8-10-18(16)22(4,5)14-26/h7-11,15,19,27H,6,12-14H2,1-5H3,(H,23,24,25)/t19-/m0/s1. The molecule has 1 aliphatic rings. The van der Waals surface area contributed by atoms with Crippen LogP contribution in [0.4, 0.5) is 11.8 Å². The number of rotatable bonds is 6. The summed E-state index contributed by atoms with van der Waals surface area (Å²) in [5.74, 6) is 1.86. The van der Waals surface area contributed by atoms with E-state index in [9.17, 15) is 5.11 Å². The van der Waals surface area contributed by atoms with Crippen LogP contribution in [-0.4, -0.2) is 34.3 Å². The van der Waals surface area contributed by atoms with Gasteiger partial charge in [-0.2, -0.15) is 4.98 Å². The van der Waals surface area contributed by atoms with Gasteiger partial charge in [0, 0.05) is 30.3 Å². The molecule has 0 aliphatic carbocycles. The normalized spacial score (nSPS) is 16.9. The molecule has 0 fully saturated rings. The molecule has 27 heavy (non-hydrogen) atoms. The van der Waals surface area contributed by atoms with Crippen molar-refractivity contribution in [3.63, 3.8) is 0 Å². The van der Waals surface area contributed by atoms with Crippen molar-refractivity contribution < 1.29 is 5.11 Å². The molecule has 5 heteroatoms. The molecule has 5 nitrogen and oxygen atoms in total. The molecule has 2 N–H and O–H groups in total. The van der Waals surface area contributed by atoms with Gasteiger partial charge in [-0.25, -0.2) is 4.98 Å². The van der Waals surface area contributed by atoms with E-state index in [0.29, 0.717) is 11.9 Å². The molecule has 0 spiro atoms.